The quantitative estimate of drug-likeness (QED) is 0.0966. The second-order valence-corrected chi connectivity index (χ2v) is 20.1. The Morgan fingerprint density at radius 3 is 2.00 bits per heavy atom. The number of alkyl carbamates (subject to hydrolysis) is 1. The van der Waals surface area contributed by atoms with Crippen LogP contribution < -0.4 is 10.6 Å². The highest BCUT2D eigenvalue weighted by Crippen LogP contribution is 2.64. The number of hydrogen-bond acceptors (Lipinski definition) is 16. The van der Waals surface area contributed by atoms with Crippen LogP contribution in [0.15, 0.2) is 102 Å². The Hall–Kier alpha value is -6.47. The first-order valence-electron chi connectivity index (χ1n) is 23.0. The molecule has 7 rings (SSSR count). The first kappa shape index (κ1) is 51.4. The highest BCUT2D eigenvalue weighted by Gasteiger charge is 2.78. The molecule has 11 atom stereocenters. The van der Waals surface area contributed by atoms with Crippen LogP contribution in [0, 0.1) is 16.7 Å². The van der Waals surface area contributed by atoms with E-state index in [2.05, 4.69) is 10.6 Å². The van der Waals surface area contributed by atoms with Gasteiger partial charge in [0.25, 0.3) is 5.91 Å². The first-order chi connectivity index (χ1) is 32.9. The van der Waals surface area contributed by atoms with E-state index in [-0.39, 0.29) is 35.3 Å². The van der Waals surface area contributed by atoms with Gasteiger partial charge in [-0.3, -0.25) is 19.2 Å². The van der Waals surface area contributed by atoms with Crippen molar-refractivity contribution in [2.45, 2.75) is 128 Å². The molecule has 0 spiro atoms. The molecule has 2 saturated carbocycles. The Balaban J connectivity index is 1.39. The van der Waals surface area contributed by atoms with Crippen molar-refractivity contribution in [1.82, 2.24) is 10.6 Å². The number of esters is 4. The second kappa shape index (κ2) is 19.4. The number of fused-ring (bicyclic) bond motifs is 5. The predicted molar refractivity (Wildman–Crippen MR) is 246 cm³/mol. The van der Waals surface area contributed by atoms with Gasteiger partial charge >= 0.3 is 30.0 Å². The van der Waals surface area contributed by atoms with Crippen molar-refractivity contribution in [2.75, 3.05) is 13.2 Å². The molecule has 3 aromatic carbocycles. The van der Waals surface area contributed by atoms with E-state index < -0.39 is 131 Å². The van der Waals surface area contributed by atoms with Crippen molar-refractivity contribution in [1.29, 1.82) is 0 Å². The van der Waals surface area contributed by atoms with Gasteiger partial charge in [-0.15, -0.1) is 0 Å². The fourth-order valence-electron chi connectivity index (χ4n) is 10.7. The van der Waals surface area contributed by atoms with Gasteiger partial charge in [0, 0.05) is 30.7 Å². The first-order valence-corrected chi connectivity index (χ1v) is 23.0. The molecule has 70 heavy (non-hydrogen) atoms. The van der Waals surface area contributed by atoms with E-state index in [1.165, 1.54) is 39.8 Å². The third-order valence-corrected chi connectivity index (χ3v) is 14.2. The number of carbonyl (C=O) groups excluding carboxylic acids is 7. The average Bonchev–Trinajstić information content (AvgIpc) is 3.30. The normalized spacial score (nSPS) is 29.7. The number of amides is 2. The fourth-order valence-corrected chi connectivity index (χ4v) is 10.7. The molecule has 3 fully saturated rings. The number of ether oxygens (including phenoxy) is 6. The molecule has 18 heteroatoms. The smallest absolute Gasteiger partial charge is 0.408 e. The van der Waals surface area contributed by atoms with Crippen LogP contribution in [-0.2, 0) is 47.6 Å². The van der Waals surface area contributed by atoms with Crippen LogP contribution in [-0.4, -0.2) is 124 Å². The molecule has 18 nitrogen and oxygen atoms in total. The summed E-state index contributed by atoms with van der Waals surface area (Å²) in [6, 6.07) is 22.6. The number of carbonyl (C=O) groups is 7. The summed E-state index contributed by atoms with van der Waals surface area (Å²) in [5, 5.41) is 43.1. The zero-order valence-electron chi connectivity index (χ0n) is 40.3. The molecule has 5 N–H and O–H groups in total. The number of hydrogen-bond donors (Lipinski definition) is 5. The van der Waals surface area contributed by atoms with Gasteiger partial charge in [-0.2, -0.15) is 0 Å². The highest BCUT2D eigenvalue weighted by molar-refractivity contribution is 5.96. The number of aliphatic hydroxyl groups is 3. The van der Waals surface area contributed by atoms with E-state index in [0.717, 1.165) is 6.92 Å². The molecule has 3 aliphatic carbocycles. The molecule has 2 bridgehead atoms. The summed E-state index contributed by atoms with van der Waals surface area (Å²) in [7, 11) is 0. The fraction of sp³-hybridized carbons (Fsp3) is 0.481. The maximum atomic E-state index is 15.9. The molecule has 2 amide bonds. The van der Waals surface area contributed by atoms with Crippen LogP contribution in [0.4, 0.5) is 4.79 Å². The van der Waals surface area contributed by atoms with Crippen molar-refractivity contribution in [2.24, 2.45) is 16.7 Å². The molecule has 3 aromatic rings. The zero-order valence-corrected chi connectivity index (χ0v) is 40.3. The summed E-state index contributed by atoms with van der Waals surface area (Å²) in [5.41, 5.74) is -8.78. The lowest BCUT2D eigenvalue weighted by molar-refractivity contribution is -0.345. The molecular formula is C52H60N2O16. The van der Waals surface area contributed by atoms with Gasteiger partial charge in [0.1, 0.15) is 36.1 Å². The number of rotatable bonds is 12. The predicted octanol–water partition coefficient (Wildman–Crippen LogP) is 4.24. The Bertz CT molecular complexity index is 2540. The van der Waals surface area contributed by atoms with Crippen molar-refractivity contribution < 1.29 is 77.3 Å². The summed E-state index contributed by atoms with van der Waals surface area (Å²) in [5.74, 6) is -7.21. The summed E-state index contributed by atoms with van der Waals surface area (Å²) < 4.78 is 35.9. The summed E-state index contributed by atoms with van der Waals surface area (Å²) in [6.45, 7) is 10.7. The molecule has 1 saturated heterocycles. The minimum Gasteiger partial charge on any atom is -0.459 e. The number of aliphatic hydroxyl groups excluding tert-OH is 2. The van der Waals surface area contributed by atoms with Gasteiger partial charge < -0.3 is 54.4 Å². The lowest BCUT2D eigenvalue weighted by Gasteiger charge is -2.67. The Morgan fingerprint density at radius 1 is 0.857 bits per heavy atom. The standard InChI is InChI=1S/C52H60N2O16/c1-28-33(66-46(62)39(58)38(30-18-12-9-13-19-30)54-44(60)31-20-14-10-15-21-31)25-52(64)43(68-45(61)32-22-16-11-17-23-32)41-50(8,34(56)24-35-51(41,27-65-35)69-29(2)55)42(59)40(37(28)49(52,6)7)67-47(63)53-26-36(57)70-48(3,4)5/h9-23,33-35,38-41,43,56,58,64H,24-27H2,1-8H3,(H,53,63)(H,54,60)/t33-,34-,35+,38?,39+,40+,41?,43-,50+,51-,52+/m0/s1. The molecule has 1 heterocycles. The monoisotopic (exact) mass is 968 g/mol. The molecule has 374 valence electrons. The van der Waals surface area contributed by atoms with Gasteiger partial charge in [0.2, 0.25) is 0 Å². The summed E-state index contributed by atoms with van der Waals surface area (Å²) in [6.07, 6.45) is -12.6. The number of benzene rings is 3. The molecule has 0 radical (unpaired) electrons. The third-order valence-electron chi connectivity index (χ3n) is 14.2. The van der Waals surface area contributed by atoms with Crippen LogP contribution in [0.1, 0.15) is 101 Å². The molecule has 1 aliphatic heterocycles. The van der Waals surface area contributed by atoms with E-state index in [4.69, 9.17) is 28.4 Å². The van der Waals surface area contributed by atoms with Gasteiger partial charge in [-0.05, 0) is 75.6 Å². The van der Waals surface area contributed by atoms with Crippen LogP contribution in [0.3, 0.4) is 0 Å². The Labute approximate surface area is 405 Å². The van der Waals surface area contributed by atoms with Crippen LogP contribution in [0.25, 0.3) is 0 Å². The summed E-state index contributed by atoms with van der Waals surface area (Å²) in [4.78, 5) is 98.2. The second-order valence-electron chi connectivity index (χ2n) is 20.1. The Morgan fingerprint density at radius 2 is 1.44 bits per heavy atom. The van der Waals surface area contributed by atoms with Crippen molar-refractivity contribution in [3.63, 3.8) is 0 Å². The van der Waals surface area contributed by atoms with Crippen molar-refractivity contribution >= 4 is 41.7 Å². The van der Waals surface area contributed by atoms with E-state index in [9.17, 15) is 44.1 Å². The van der Waals surface area contributed by atoms with E-state index in [0.29, 0.717) is 5.56 Å². The molecule has 0 aromatic heterocycles. The Kier molecular flexibility index (Phi) is 14.2. The topological polar surface area (TPSA) is 260 Å². The van der Waals surface area contributed by atoms with Gasteiger partial charge in [0.15, 0.2) is 23.6 Å². The number of ketones is 1. The van der Waals surface area contributed by atoms with Crippen molar-refractivity contribution in [3.8, 4) is 0 Å². The third kappa shape index (κ3) is 9.44. The van der Waals surface area contributed by atoms with Gasteiger partial charge in [-0.25, -0.2) is 14.4 Å². The molecular weight excluding hydrogens is 909 g/mol. The largest absolute Gasteiger partial charge is 0.459 e. The van der Waals surface area contributed by atoms with Crippen LogP contribution >= 0.6 is 0 Å². The van der Waals surface area contributed by atoms with E-state index in [1.54, 1.807) is 99.6 Å². The maximum absolute atomic E-state index is 15.9. The number of nitrogens with one attached hydrogen (secondary N) is 2. The van der Waals surface area contributed by atoms with Crippen molar-refractivity contribution in [3.05, 3.63) is 119 Å². The highest BCUT2D eigenvalue weighted by atomic mass is 16.6. The van der Waals surface area contributed by atoms with E-state index >= 15 is 4.79 Å². The molecule has 4 aliphatic rings. The lowest BCUT2D eigenvalue weighted by atomic mass is 9.44. The van der Waals surface area contributed by atoms with Crippen LogP contribution in [0.5, 0.6) is 0 Å². The SMILES string of the molecule is CC(=O)O[C@@]12CO[C@@H]1C[C@H](O)[C@@]1(C)C(=O)[C@H](OC(=O)NCC(=O)OC(C)(C)C)C3=C(C)[C@@H](OC(=O)[C@H](O)C(NC(=O)c4ccccc4)c4ccccc4)C[C@@](O)([C@@H](OC(=O)c4ccccc4)C12)C3(C)C. The summed E-state index contributed by atoms with van der Waals surface area (Å²) >= 11 is 0. The average molecular weight is 969 g/mol. The van der Waals surface area contributed by atoms with Crippen LogP contribution in [0.2, 0.25) is 0 Å². The minimum atomic E-state index is -2.51. The van der Waals surface area contributed by atoms with E-state index in [1.807, 2.05) is 0 Å². The number of Topliss-reactive ketones (excluding diaryl/α,β-unsaturated/α-hetero) is 1. The minimum absolute atomic E-state index is 0.0273. The zero-order chi connectivity index (χ0) is 51.1. The molecule has 2 unspecified atom stereocenters. The maximum Gasteiger partial charge on any atom is 0.408 e. The van der Waals surface area contributed by atoms with Gasteiger partial charge in [0.05, 0.1) is 35.6 Å². The lowest BCUT2D eigenvalue weighted by Crippen LogP contribution is -2.82. The van der Waals surface area contributed by atoms with Gasteiger partial charge in [-0.1, -0.05) is 80.6 Å².